The summed E-state index contributed by atoms with van der Waals surface area (Å²) in [6.07, 6.45) is 10.6. The number of halogens is 2. The molecule has 0 aliphatic heterocycles. The second-order valence-corrected chi connectivity index (χ2v) is 10.9. The fourth-order valence-electron chi connectivity index (χ4n) is 5.73. The van der Waals surface area contributed by atoms with Gasteiger partial charge in [0.25, 0.3) is 0 Å². The zero-order valence-electron chi connectivity index (χ0n) is 12.0. The van der Waals surface area contributed by atoms with Gasteiger partial charge >= 0.3 is 0 Å². The van der Waals surface area contributed by atoms with Crippen molar-refractivity contribution in [3.05, 3.63) is 20.3 Å². The molecule has 4 saturated carbocycles. The lowest BCUT2D eigenvalue weighted by Gasteiger charge is -2.57. The topological polar surface area (TPSA) is 0 Å². The fourth-order valence-corrected chi connectivity index (χ4v) is 9.15. The van der Waals surface area contributed by atoms with E-state index < -0.39 is 0 Å². The van der Waals surface area contributed by atoms with Crippen LogP contribution in [0.1, 0.15) is 59.5 Å². The molecule has 0 spiro atoms. The molecule has 5 rings (SSSR count). The van der Waals surface area contributed by atoms with Gasteiger partial charge in [-0.25, -0.2) is 0 Å². The maximum absolute atomic E-state index is 4.02. The summed E-state index contributed by atoms with van der Waals surface area (Å²) in [6.45, 7) is 2.21. The molecule has 0 amide bonds. The van der Waals surface area contributed by atoms with Gasteiger partial charge in [-0.1, -0.05) is 15.9 Å². The summed E-state index contributed by atoms with van der Waals surface area (Å²) in [5.41, 5.74) is 0.667. The van der Waals surface area contributed by atoms with Gasteiger partial charge in [-0.2, -0.15) is 0 Å². The van der Waals surface area contributed by atoms with Gasteiger partial charge in [0.15, 0.2) is 0 Å². The fraction of sp³-hybridized carbons (Fsp3) is 0.765. The normalized spacial score (nSPS) is 40.2. The van der Waals surface area contributed by atoms with Crippen LogP contribution in [-0.2, 0) is 0 Å². The quantitative estimate of drug-likeness (QED) is 0.471. The van der Waals surface area contributed by atoms with Gasteiger partial charge in [0, 0.05) is 14.2 Å². The molecule has 110 valence electrons. The monoisotopic (exact) mass is 416 g/mol. The number of hydrogen-bond donors (Lipinski definition) is 0. The van der Waals surface area contributed by atoms with Crippen molar-refractivity contribution >= 4 is 43.2 Å². The Bertz CT molecular complexity index is 484. The molecule has 3 heteroatoms. The third-order valence-corrected chi connectivity index (χ3v) is 9.07. The summed E-state index contributed by atoms with van der Waals surface area (Å²) < 4.78 is 1.31. The van der Waals surface area contributed by atoms with Crippen molar-refractivity contribution in [1.29, 1.82) is 0 Å². The number of thiophene rings is 1. The van der Waals surface area contributed by atoms with Crippen molar-refractivity contribution in [3.63, 3.8) is 0 Å². The molecular weight excluding hydrogens is 396 g/mol. The van der Waals surface area contributed by atoms with Crippen molar-refractivity contribution in [3.8, 4) is 0 Å². The molecule has 4 aliphatic rings. The van der Waals surface area contributed by atoms with Crippen molar-refractivity contribution in [2.24, 2.45) is 23.2 Å². The van der Waals surface area contributed by atoms with Crippen LogP contribution in [-0.4, -0.2) is 0 Å². The minimum absolute atomic E-state index is 0.548. The number of rotatable bonds is 3. The highest BCUT2D eigenvalue weighted by Crippen LogP contribution is 2.63. The Morgan fingerprint density at radius 1 is 1.20 bits per heavy atom. The molecule has 1 atom stereocenters. The summed E-state index contributed by atoms with van der Waals surface area (Å²) >= 11 is 9.73. The first kappa shape index (κ1) is 14.3. The second kappa shape index (κ2) is 5.09. The highest BCUT2D eigenvalue weighted by Gasteiger charge is 2.51. The van der Waals surface area contributed by atoms with E-state index in [-0.39, 0.29) is 0 Å². The number of aryl methyl sites for hydroxylation is 1. The van der Waals surface area contributed by atoms with E-state index in [2.05, 4.69) is 44.8 Å². The van der Waals surface area contributed by atoms with Crippen molar-refractivity contribution < 1.29 is 0 Å². The van der Waals surface area contributed by atoms with Gasteiger partial charge in [-0.05, 0) is 97.0 Å². The lowest BCUT2D eigenvalue weighted by Crippen LogP contribution is -2.46. The molecule has 4 bridgehead atoms. The third kappa shape index (κ3) is 2.46. The molecule has 4 fully saturated rings. The molecule has 0 aromatic carbocycles. The first-order chi connectivity index (χ1) is 9.53. The third-order valence-electron chi connectivity index (χ3n) is 5.90. The maximum atomic E-state index is 4.02. The maximum Gasteiger partial charge on any atom is 0.0505 e. The largest absolute Gasteiger partial charge is 0.143 e. The Kier molecular flexibility index (Phi) is 3.63. The predicted molar refractivity (Wildman–Crippen MR) is 93.6 cm³/mol. The smallest absolute Gasteiger partial charge is 0.0505 e. The van der Waals surface area contributed by atoms with E-state index in [1.54, 1.807) is 19.3 Å². The van der Waals surface area contributed by atoms with Crippen LogP contribution in [0.15, 0.2) is 10.5 Å². The van der Waals surface area contributed by atoms with Crippen LogP contribution in [0, 0.1) is 30.1 Å². The lowest BCUT2D eigenvalue weighted by molar-refractivity contribution is -0.0570. The SMILES string of the molecule is Cc1cc(Br)c(C(Br)CC23CC4CC(CC(C4)C2)C3)s1. The van der Waals surface area contributed by atoms with Crippen molar-refractivity contribution in [2.45, 2.75) is 56.7 Å². The average Bonchev–Trinajstić information content (AvgIpc) is 2.66. The van der Waals surface area contributed by atoms with Crippen LogP contribution in [0.4, 0.5) is 0 Å². The van der Waals surface area contributed by atoms with Gasteiger partial charge in [-0.3, -0.25) is 0 Å². The summed E-state index contributed by atoms with van der Waals surface area (Å²) in [5.74, 6) is 3.19. The van der Waals surface area contributed by atoms with E-state index in [9.17, 15) is 0 Å². The zero-order chi connectivity index (χ0) is 13.9. The van der Waals surface area contributed by atoms with E-state index in [1.165, 1.54) is 39.9 Å². The Morgan fingerprint density at radius 3 is 2.20 bits per heavy atom. The van der Waals surface area contributed by atoms with Crippen LogP contribution < -0.4 is 0 Å². The van der Waals surface area contributed by atoms with Crippen molar-refractivity contribution in [2.75, 3.05) is 0 Å². The number of alkyl halides is 1. The van der Waals surface area contributed by atoms with Crippen LogP contribution >= 0.6 is 43.2 Å². The molecule has 0 radical (unpaired) electrons. The first-order valence-electron chi connectivity index (χ1n) is 7.93. The molecule has 20 heavy (non-hydrogen) atoms. The number of hydrogen-bond acceptors (Lipinski definition) is 1. The van der Waals surface area contributed by atoms with E-state index >= 15 is 0 Å². The Balaban J connectivity index is 1.55. The summed E-state index contributed by atoms with van der Waals surface area (Å²) in [6, 6.07) is 2.27. The van der Waals surface area contributed by atoms with Gasteiger partial charge < -0.3 is 0 Å². The molecular formula is C17H22Br2S. The Labute approximate surface area is 143 Å². The minimum atomic E-state index is 0.548. The predicted octanol–water partition coefficient (Wildman–Crippen LogP) is 6.86. The van der Waals surface area contributed by atoms with E-state index in [0.717, 1.165) is 17.8 Å². The van der Waals surface area contributed by atoms with Gasteiger partial charge in [0.2, 0.25) is 0 Å². The van der Waals surface area contributed by atoms with Crippen LogP contribution in [0.25, 0.3) is 0 Å². The zero-order valence-corrected chi connectivity index (χ0v) is 16.0. The molecule has 0 N–H and O–H groups in total. The molecule has 1 aromatic heterocycles. The summed E-state index contributed by atoms with van der Waals surface area (Å²) in [4.78, 5) is 3.48. The summed E-state index contributed by atoms with van der Waals surface area (Å²) in [7, 11) is 0. The van der Waals surface area contributed by atoms with Gasteiger partial charge in [0.1, 0.15) is 0 Å². The highest BCUT2D eigenvalue weighted by atomic mass is 79.9. The standard InChI is InChI=1S/C17H22Br2S/c1-10-2-14(18)16(20-10)15(19)9-17-6-11-3-12(7-17)5-13(4-11)8-17/h2,11-13,15H,3-9H2,1H3. The lowest BCUT2D eigenvalue weighted by atomic mass is 9.48. The van der Waals surface area contributed by atoms with E-state index in [0.29, 0.717) is 10.2 Å². The second-order valence-electron chi connectivity index (χ2n) is 7.66. The minimum Gasteiger partial charge on any atom is -0.143 e. The van der Waals surface area contributed by atoms with Crippen LogP contribution in [0.5, 0.6) is 0 Å². The first-order valence-corrected chi connectivity index (χ1v) is 10.5. The van der Waals surface area contributed by atoms with Gasteiger partial charge in [0.05, 0.1) is 4.83 Å². The molecule has 0 nitrogen and oxygen atoms in total. The molecule has 4 aliphatic carbocycles. The molecule has 1 unspecified atom stereocenters. The highest BCUT2D eigenvalue weighted by molar-refractivity contribution is 9.11. The van der Waals surface area contributed by atoms with E-state index in [1.807, 2.05) is 11.3 Å². The molecule has 0 saturated heterocycles. The summed E-state index contributed by atoms with van der Waals surface area (Å²) in [5, 5.41) is 0. The van der Waals surface area contributed by atoms with Crippen molar-refractivity contribution in [1.82, 2.24) is 0 Å². The Hall–Kier alpha value is 0.660. The molecule has 1 heterocycles. The van der Waals surface area contributed by atoms with Crippen LogP contribution in [0.3, 0.4) is 0 Å². The average molecular weight is 418 g/mol. The van der Waals surface area contributed by atoms with E-state index in [4.69, 9.17) is 0 Å². The molecule has 1 aromatic rings. The van der Waals surface area contributed by atoms with Crippen LogP contribution in [0.2, 0.25) is 0 Å². The Morgan fingerprint density at radius 2 is 1.75 bits per heavy atom. The van der Waals surface area contributed by atoms with Gasteiger partial charge in [-0.15, -0.1) is 11.3 Å².